The first kappa shape index (κ1) is 19.9. The van der Waals surface area contributed by atoms with E-state index in [2.05, 4.69) is 6.92 Å². The fourth-order valence-electron chi connectivity index (χ4n) is 3.90. The summed E-state index contributed by atoms with van der Waals surface area (Å²) in [6, 6.07) is 14.7. The second-order valence-electron chi connectivity index (χ2n) is 7.31. The third-order valence-electron chi connectivity index (χ3n) is 5.53. The van der Waals surface area contributed by atoms with Gasteiger partial charge in [0.2, 0.25) is 5.91 Å². The van der Waals surface area contributed by atoms with Crippen molar-refractivity contribution < 1.29 is 14.3 Å². The number of hydrogen-bond acceptors (Lipinski definition) is 3. The maximum absolute atomic E-state index is 13.5. The first-order chi connectivity index (χ1) is 13.5. The zero-order chi connectivity index (χ0) is 20.3. The molecule has 0 fully saturated rings. The van der Waals surface area contributed by atoms with Crippen molar-refractivity contribution in [3.63, 3.8) is 0 Å². The summed E-state index contributed by atoms with van der Waals surface area (Å²) in [4.78, 5) is 30.0. The summed E-state index contributed by atoms with van der Waals surface area (Å²) < 4.78 is 5.26. The lowest BCUT2D eigenvalue weighted by molar-refractivity contribution is -0.133. The van der Waals surface area contributed by atoms with Gasteiger partial charge in [0.05, 0.1) is 19.1 Å². The van der Waals surface area contributed by atoms with E-state index >= 15 is 0 Å². The molecule has 3 rings (SSSR count). The number of fused-ring (bicyclic) bond motifs is 1. The van der Waals surface area contributed by atoms with Crippen LogP contribution in [0.4, 0.5) is 0 Å². The third-order valence-corrected chi connectivity index (χ3v) is 5.53. The van der Waals surface area contributed by atoms with Crippen molar-refractivity contribution in [3.05, 3.63) is 65.2 Å². The summed E-state index contributed by atoms with van der Waals surface area (Å²) in [5.41, 5.74) is 2.34. The SMILES string of the molecule is CCCCN(C)C(=O)[C@H]1c2ccccc2C(=O)N(C)[C@H]1c1ccc(OC)cc1. The van der Waals surface area contributed by atoms with Gasteiger partial charge in [-0.05, 0) is 35.7 Å². The standard InChI is InChI=1S/C23H28N2O3/c1-5-6-15-24(2)23(27)20-18-9-7-8-10-19(18)22(26)25(3)21(20)16-11-13-17(28-4)14-12-16/h7-14,20-21H,5-6,15H2,1-4H3/t20-,21-/m0/s1. The van der Waals surface area contributed by atoms with E-state index in [1.54, 1.807) is 24.0 Å². The number of ether oxygens (including phenoxy) is 1. The molecule has 0 unspecified atom stereocenters. The van der Waals surface area contributed by atoms with Crippen LogP contribution in [0.3, 0.4) is 0 Å². The molecule has 2 amide bonds. The minimum absolute atomic E-state index is 0.0427. The predicted molar refractivity (Wildman–Crippen MR) is 110 cm³/mol. The monoisotopic (exact) mass is 380 g/mol. The third kappa shape index (κ3) is 3.61. The largest absolute Gasteiger partial charge is 0.497 e. The van der Waals surface area contributed by atoms with Crippen molar-refractivity contribution >= 4 is 11.8 Å². The van der Waals surface area contributed by atoms with Crippen LogP contribution in [0.1, 0.15) is 53.2 Å². The van der Waals surface area contributed by atoms with Gasteiger partial charge in [0, 0.05) is 26.2 Å². The van der Waals surface area contributed by atoms with Gasteiger partial charge in [-0.1, -0.05) is 43.7 Å². The number of carbonyl (C=O) groups excluding carboxylic acids is 2. The molecule has 5 heteroatoms. The number of carbonyl (C=O) groups is 2. The smallest absolute Gasteiger partial charge is 0.254 e. The second-order valence-corrected chi connectivity index (χ2v) is 7.31. The average molecular weight is 380 g/mol. The summed E-state index contributed by atoms with van der Waals surface area (Å²) in [7, 11) is 5.25. The van der Waals surface area contributed by atoms with Crippen LogP contribution in [0.25, 0.3) is 0 Å². The quantitative estimate of drug-likeness (QED) is 0.765. The molecule has 2 aromatic carbocycles. The van der Waals surface area contributed by atoms with Gasteiger partial charge in [-0.15, -0.1) is 0 Å². The van der Waals surface area contributed by atoms with E-state index in [0.717, 1.165) is 29.7 Å². The predicted octanol–water partition coefficient (Wildman–Crippen LogP) is 3.86. The molecule has 0 aliphatic carbocycles. The maximum atomic E-state index is 13.5. The zero-order valence-corrected chi connectivity index (χ0v) is 17.0. The molecule has 0 bridgehead atoms. The minimum atomic E-state index is -0.436. The molecule has 1 aliphatic rings. The van der Waals surface area contributed by atoms with Crippen molar-refractivity contribution in [2.24, 2.45) is 0 Å². The molecule has 0 saturated carbocycles. The highest BCUT2D eigenvalue weighted by atomic mass is 16.5. The zero-order valence-electron chi connectivity index (χ0n) is 17.0. The Labute approximate surface area is 166 Å². The molecule has 5 nitrogen and oxygen atoms in total. The Bertz CT molecular complexity index is 847. The van der Waals surface area contributed by atoms with Gasteiger partial charge in [0.25, 0.3) is 5.91 Å². The maximum Gasteiger partial charge on any atom is 0.254 e. The molecule has 1 aliphatic heterocycles. The molecule has 0 saturated heterocycles. The Morgan fingerprint density at radius 1 is 1.14 bits per heavy atom. The molecular formula is C23H28N2O3. The normalized spacial score (nSPS) is 18.6. The summed E-state index contributed by atoms with van der Waals surface area (Å²) >= 11 is 0. The van der Waals surface area contributed by atoms with Crippen molar-refractivity contribution in [1.82, 2.24) is 9.80 Å². The topological polar surface area (TPSA) is 49.9 Å². The van der Waals surface area contributed by atoms with Crippen LogP contribution in [-0.4, -0.2) is 49.4 Å². The lowest BCUT2D eigenvalue weighted by atomic mass is 9.79. The van der Waals surface area contributed by atoms with Gasteiger partial charge in [0.1, 0.15) is 5.75 Å². The van der Waals surface area contributed by atoms with Crippen LogP contribution in [0.5, 0.6) is 5.75 Å². The Morgan fingerprint density at radius 3 is 2.46 bits per heavy atom. The fourth-order valence-corrected chi connectivity index (χ4v) is 3.90. The van der Waals surface area contributed by atoms with E-state index in [4.69, 9.17) is 4.74 Å². The first-order valence-corrected chi connectivity index (χ1v) is 9.74. The summed E-state index contributed by atoms with van der Waals surface area (Å²) in [5.74, 6) is 0.295. The van der Waals surface area contributed by atoms with Crippen LogP contribution in [-0.2, 0) is 4.79 Å². The molecule has 0 N–H and O–H groups in total. The highest BCUT2D eigenvalue weighted by molar-refractivity contribution is 6.01. The van der Waals surface area contributed by atoms with Crippen LogP contribution < -0.4 is 4.74 Å². The van der Waals surface area contributed by atoms with Crippen LogP contribution in [0.2, 0.25) is 0 Å². The number of hydrogen-bond donors (Lipinski definition) is 0. The van der Waals surface area contributed by atoms with E-state index < -0.39 is 5.92 Å². The number of rotatable bonds is 6. The van der Waals surface area contributed by atoms with Crippen LogP contribution in [0, 0.1) is 0 Å². The number of likely N-dealkylation sites (N-methyl/N-ethyl adjacent to an activating group) is 2. The van der Waals surface area contributed by atoms with Gasteiger partial charge in [-0.25, -0.2) is 0 Å². The number of methoxy groups -OCH3 is 1. The molecule has 1 heterocycles. The van der Waals surface area contributed by atoms with Crippen molar-refractivity contribution in [2.45, 2.75) is 31.7 Å². The van der Waals surface area contributed by atoms with Gasteiger partial charge in [0.15, 0.2) is 0 Å². The van der Waals surface area contributed by atoms with Crippen LogP contribution >= 0.6 is 0 Å². The molecule has 0 spiro atoms. The van der Waals surface area contributed by atoms with Crippen molar-refractivity contribution in [1.29, 1.82) is 0 Å². The highest BCUT2D eigenvalue weighted by Gasteiger charge is 2.43. The van der Waals surface area contributed by atoms with Gasteiger partial charge in [-0.3, -0.25) is 9.59 Å². The van der Waals surface area contributed by atoms with Gasteiger partial charge >= 0.3 is 0 Å². The Balaban J connectivity index is 2.08. The molecule has 2 aromatic rings. The Hall–Kier alpha value is -2.82. The lowest BCUT2D eigenvalue weighted by Crippen LogP contribution is -2.46. The Morgan fingerprint density at radius 2 is 1.82 bits per heavy atom. The molecule has 148 valence electrons. The average Bonchev–Trinajstić information content (AvgIpc) is 2.74. The number of benzene rings is 2. The van der Waals surface area contributed by atoms with E-state index in [0.29, 0.717) is 12.1 Å². The molecule has 0 radical (unpaired) electrons. The van der Waals surface area contributed by atoms with E-state index in [1.165, 1.54) is 0 Å². The minimum Gasteiger partial charge on any atom is -0.497 e. The number of nitrogens with zero attached hydrogens (tertiary/aromatic N) is 2. The first-order valence-electron chi connectivity index (χ1n) is 9.74. The van der Waals surface area contributed by atoms with Crippen LogP contribution in [0.15, 0.2) is 48.5 Å². The summed E-state index contributed by atoms with van der Waals surface area (Å²) in [6.45, 7) is 2.82. The number of unbranched alkanes of at least 4 members (excludes halogenated alkanes) is 1. The summed E-state index contributed by atoms with van der Waals surface area (Å²) in [6.07, 6.45) is 1.98. The number of amides is 2. The molecule has 2 atom stereocenters. The van der Waals surface area contributed by atoms with E-state index in [9.17, 15) is 9.59 Å². The molecule has 0 aromatic heterocycles. The fraction of sp³-hybridized carbons (Fsp3) is 0.391. The lowest BCUT2D eigenvalue weighted by Gasteiger charge is -2.41. The van der Waals surface area contributed by atoms with E-state index in [1.807, 2.05) is 55.6 Å². The van der Waals surface area contributed by atoms with E-state index in [-0.39, 0.29) is 17.9 Å². The summed E-state index contributed by atoms with van der Waals surface area (Å²) in [5, 5.41) is 0. The Kier molecular flexibility index (Phi) is 6.02. The van der Waals surface area contributed by atoms with Crippen molar-refractivity contribution in [3.8, 4) is 5.75 Å². The van der Waals surface area contributed by atoms with Crippen molar-refractivity contribution in [2.75, 3.05) is 27.7 Å². The molecule has 28 heavy (non-hydrogen) atoms. The van der Waals surface area contributed by atoms with Gasteiger partial charge < -0.3 is 14.5 Å². The molecular weight excluding hydrogens is 352 g/mol. The highest BCUT2D eigenvalue weighted by Crippen LogP contribution is 2.43. The van der Waals surface area contributed by atoms with Gasteiger partial charge in [-0.2, -0.15) is 0 Å². The second kappa shape index (κ2) is 8.46.